The summed E-state index contributed by atoms with van der Waals surface area (Å²) in [4.78, 5) is 50.2. The van der Waals surface area contributed by atoms with Gasteiger partial charge in [0.1, 0.15) is 11.6 Å². The Morgan fingerprint density at radius 3 is 2.67 bits per heavy atom. The standard InChI is InChI=1S/C20H18FN3O6/c1-9-5-14(23-30-9)17(25)12-4-2-3-10-6-11(7-13(21)16(10)18(12)26)24-8-15(19(22)27)29-20(24)28/h5-7,12,15H,2-4,8H2,1H3,(H2,22,27)/t12-,15-/m0/s1. The molecule has 2 aromatic rings. The van der Waals surface area contributed by atoms with Crippen LogP contribution in [0.1, 0.15) is 45.0 Å². The summed E-state index contributed by atoms with van der Waals surface area (Å²) in [6.45, 7) is 1.48. The second-order valence-electron chi connectivity index (χ2n) is 7.34. The summed E-state index contributed by atoms with van der Waals surface area (Å²) in [5, 5.41) is 3.66. The highest BCUT2D eigenvalue weighted by molar-refractivity contribution is 6.16. The maximum absolute atomic E-state index is 15.0. The van der Waals surface area contributed by atoms with Crippen molar-refractivity contribution in [2.24, 2.45) is 11.7 Å². The van der Waals surface area contributed by atoms with Crippen LogP contribution in [0.3, 0.4) is 0 Å². The van der Waals surface area contributed by atoms with Crippen molar-refractivity contribution in [1.82, 2.24) is 5.16 Å². The molecule has 0 radical (unpaired) electrons. The molecule has 0 bridgehead atoms. The number of Topliss-reactive ketones (excluding diaryl/α,β-unsaturated/α-hetero) is 2. The molecule has 1 aromatic carbocycles. The van der Waals surface area contributed by atoms with Crippen LogP contribution in [-0.2, 0) is 16.0 Å². The lowest BCUT2D eigenvalue weighted by molar-refractivity contribution is -0.124. The van der Waals surface area contributed by atoms with Crippen molar-refractivity contribution in [2.45, 2.75) is 32.3 Å². The summed E-state index contributed by atoms with van der Waals surface area (Å²) in [7, 11) is 0. The first kappa shape index (κ1) is 19.7. The summed E-state index contributed by atoms with van der Waals surface area (Å²) in [5.74, 6) is -3.43. The number of halogens is 1. The number of hydrogen-bond donors (Lipinski definition) is 1. The maximum Gasteiger partial charge on any atom is 0.415 e. The third kappa shape index (κ3) is 3.34. The monoisotopic (exact) mass is 415 g/mol. The molecular weight excluding hydrogens is 397 g/mol. The lowest BCUT2D eigenvalue weighted by Crippen LogP contribution is -2.32. The number of anilines is 1. The number of amides is 2. The van der Waals surface area contributed by atoms with E-state index in [1.54, 1.807) is 6.92 Å². The third-order valence-electron chi connectivity index (χ3n) is 5.30. The molecule has 9 nitrogen and oxygen atoms in total. The zero-order valence-electron chi connectivity index (χ0n) is 16.0. The van der Waals surface area contributed by atoms with Gasteiger partial charge in [-0.1, -0.05) is 5.16 Å². The fourth-order valence-electron chi connectivity index (χ4n) is 3.81. The third-order valence-corrected chi connectivity index (χ3v) is 5.30. The normalized spacial score (nSPS) is 21.2. The number of rotatable bonds is 4. The van der Waals surface area contributed by atoms with Gasteiger partial charge in [-0.25, -0.2) is 9.18 Å². The van der Waals surface area contributed by atoms with Crippen LogP contribution < -0.4 is 10.6 Å². The Labute approximate surface area is 169 Å². The van der Waals surface area contributed by atoms with Crippen molar-refractivity contribution >= 4 is 29.3 Å². The van der Waals surface area contributed by atoms with E-state index in [4.69, 9.17) is 15.0 Å². The van der Waals surface area contributed by atoms with E-state index in [1.807, 2.05) is 0 Å². The molecule has 2 aliphatic rings. The molecule has 1 aliphatic heterocycles. The van der Waals surface area contributed by atoms with Gasteiger partial charge in [0.05, 0.1) is 23.7 Å². The number of carbonyl (C=O) groups excluding carboxylic acids is 4. The molecule has 0 unspecified atom stereocenters. The smallest absolute Gasteiger partial charge is 0.415 e. The molecule has 156 valence electrons. The van der Waals surface area contributed by atoms with E-state index in [1.165, 1.54) is 12.1 Å². The molecule has 1 aromatic heterocycles. The first-order chi connectivity index (χ1) is 14.3. The predicted molar refractivity (Wildman–Crippen MR) is 99.5 cm³/mol. The fraction of sp³-hybridized carbons (Fsp3) is 0.350. The number of nitrogens with two attached hydrogens (primary N) is 1. The topological polar surface area (TPSA) is 133 Å². The van der Waals surface area contributed by atoms with E-state index in [9.17, 15) is 19.2 Å². The lowest BCUT2D eigenvalue weighted by Gasteiger charge is -2.17. The first-order valence-electron chi connectivity index (χ1n) is 9.38. The fourth-order valence-corrected chi connectivity index (χ4v) is 3.81. The summed E-state index contributed by atoms with van der Waals surface area (Å²) in [5.41, 5.74) is 5.57. The number of aryl methyl sites for hydroxylation is 2. The highest BCUT2D eigenvalue weighted by atomic mass is 19.1. The summed E-state index contributed by atoms with van der Waals surface area (Å²) in [6, 6.07) is 3.97. The quantitative estimate of drug-likeness (QED) is 0.458. The molecule has 2 heterocycles. The van der Waals surface area contributed by atoms with Crippen molar-refractivity contribution in [3.63, 3.8) is 0 Å². The number of carbonyl (C=O) groups is 4. The predicted octanol–water partition coefficient (Wildman–Crippen LogP) is 1.95. The van der Waals surface area contributed by atoms with Gasteiger partial charge >= 0.3 is 6.09 Å². The van der Waals surface area contributed by atoms with Crippen LogP contribution >= 0.6 is 0 Å². The Morgan fingerprint density at radius 1 is 1.27 bits per heavy atom. The van der Waals surface area contributed by atoms with E-state index in [0.717, 1.165) is 11.0 Å². The summed E-state index contributed by atoms with van der Waals surface area (Å²) in [6.07, 6.45) is -0.914. The lowest BCUT2D eigenvalue weighted by atomic mass is 9.89. The number of benzene rings is 1. The van der Waals surface area contributed by atoms with Crippen LogP contribution in [0.2, 0.25) is 0 Å². The van der Waals surface area contributed by atoms with Gasteiger partial charge in [-0.15, -0.1) is 0 Å². The van der Waals surface area contributed by atoms with Crippen LogP contribution in [0.25, 0.3) is 0 Å². The van der Waals surface area contributed by atoms with Crippen molar-refractivity contribution in [2.75, 3.05) is 11.4 Å². The van der Waals surface area contributed by atoms with Crippen molar-refractivity contribution in [1.29, 1.82) is 0 Å². The van der Waals surface area contributed by atoms with E-state index in [-0.39, 0.29) is 29.9 Å². The molecule has 1 aliphatic carbocycles. The Kier molecular flexibility index (Phi) is 4.84. The molecule has 0 saturated carbocycles. The van der Waals surface area contributed by atoms with Gasteiger partial charge in [-0.3, -0.25) is 19.3 Å². The van der Waals surface area contributed by atoms with Crippen LogP contribution in [-0.4, -0.2) is 41.4 Å². The molecule has 1 saturated heterocycles. The second kappa shape index (κ2) is 7.36. The van der Waals surface area contributed by atoms with Crippen molar-refractivity contribution in [3.05, 3.63) is 46.6 Å². The van der Waals surface area contributed by atoms with Crippen LogP contribution in [0.5, 0.6) is 0 Å². The Bertz CT molecular complexity index is 1080. The minimum Gasteiger partial charge on any atom is -0.434 e. The average Bonchev–Trinajstić information content (AvgIpc) is 3.25. The summed E-state index contributed by atoms with van der Waals surface area (Å²) < 4.78 is 24.8. The molecule has 10 heteroatoms. The molecule has 4 rings (SSSR count). The average molecular weight is 415 g/mol. The number of cyclic esters (lactones) is 1. The number of fused-ring (bicyclic) bond motifs is 1. The highest BCUT2D eigenvalue weighted by Crippen LogP contribution is 2.33. The van der Waals surface area contributed by atoms with Gasteiger partial charge in [0.15, 0.2) is 23.4 Å². The van der Waals surface area contributed by atoms with Crippen molar-refractivity contribution in [3.8, 4) is 0 Å². The Hall–Kier alpha value is -3.56. The molecule has 2 atom stereocenters. The molecule has 30 heavy (non-hydrogen) atoms. The Balaban J connectivity index is 1.66. The minimum absolute atomic E-state index is 0.0311. The number of aromatic nitrogens is 1. The van der Waals surface area contributed by atoms with Gasteiger partial charge in [0.2, 0.25) is 0 Å². The van der Waals surface area contributed by atoms with Gasteiger partial charge in [-0.2, -0.15) is 0 Å². The van der Waals surface area contributed by atoms with Crippen LogP contribution in [0.15, 0.2) is 22.7 Å². The van der Waals surface area contributed by atoms with Gasteiger partial charge in [-0.05, 0) is 43.9 Å². The largest absolute Gasteiger partial charge is 0.434 e. The number of primary amides is 1. The first-order valence-corrected chi connectivity index (χ1v) is 9.38. The maximum atomic E-state index is 15.0. The molecule has 2 amide bonds. The van der Waals surface area contributed by atoms with E-state index in [0.29, 0.717) is 24.2 Å². The van der Waals surface area contributed by atoms with E-state index in [2.05, 4.69) is 5.16 Å². The number of nitrogens with zero attached hydrogens (tertiary/aromatic N) is 2. The van der Waals surface area contributed by atoms with E-state index >= 15 is 4.39 Å². The summed E-state index contributed by atoms with van der Waals surface area (Å²) >= 11 is 0. The van der Waals surface area contributed by atoms with Crippen LogP contribution in [0, 0.1) is 18.7 Å². The number of ether oxygens (including phenoxy) is 1. The second-order valence-corrected chi connectivity index (χ2v) is 7.34. The molecule has 2 N–H and O–H groups in total. The Morgan fingerprint density at radius 2 is 2.03 bits per heavy atom. The molecular formula is C20H18FN3O6. The SMILES string of the molecule is Cc1cc(C(=O)[C@@H]2CCCc3cc(N4C[C@@H](C(N)=O)OC4=O)cc(F)c3C2=O)no1. The minimum atomic E-state index is -1.13. The molecule has 0 spiro atoms. The van der Waals surface area contributed by atoms with Gasteiger partial charge in [0.25, 0.3) is 5.91 Å². The number of hydrogen-bond acceptors (Lipinski definition) is 7. The highest BCUT2D eigenvalue weighted by Gasteiger charge is 2.38. The van der Waals surface area contributed by atoms with Gasteiger partial charge in [0, 0.05) is 6.07 Å². The number of ketones is 2. The van der Waals surface area contributed by atoms with E-state index < -0.39 is 41.4 Å². The van der Waals surface area contributed by atoms with Crippen LogP contribution in [0.4, 0.5) is 14.9 Å². The zero-order chi connectivity index (χ0) is 21.6. The van der Waals surface area contributed by atoms with Crippen molar-refractivity contribution < 1.29 is 32.8 Å². The van der Waals surface area contributed by atoms with Gasteiger partial charge < -0.3 is 15.0 Å². The molecule has 1 fully saturated rings. The zero-order valence-corrected chi connectivity index (χ0v) is 16.0.